The van der Waals surface area contributed by atoms with Crippen LogP contribution in [0.4, 0.5) is 0 Å². The first kappa shape index (κ1) is 14.3. The molecule has 1 aromatic rings. The predicted octanol–water partition coefficient (Wildman–Crippen LogP) is 1.74. The summed E-state index contributed by atoms with van der Waals surface area (Å²) in [5.41, 5.74) is 1.25. The number of benzene rings is 1. The van der Waals surface area contributed by atoms with E-state index >= 15 is 0 Å². The maximum Gasteiger partial charge on any atom is 0.118 e. The van der Waals surface area contributed by atoms with Crippen molar-refractivity contribution in [2.24, 2.45) is 5.92 Å². The van der Waals surface area contributed by atoms with Gasteiger partial charge in [0, 0.05) is 25.8 Å². The fourth-order valence-corrected chi connectivity index (χ4v) is 2.64. The molecule has 1 heterocycles. The Hall–Kier alpha value is -1.10. The molecule has 0 saturated carbocycles. The van der Waals surface area contributed by atoms with Crippen molar-refractivity contribution < 1.29 is 14.6 Å². The largest absolute Gasteiger partial charge is 0.497 e. The lowest BCUT2D eigenvalue weighted by molar-refractivity contribution is 0.0529. The minimum Gasteiger partial charge on any atom is -0.497 e. The highest BCUT2D eigenvalue weighted by Gasteiger charge is 2.24. The van der Waals surface area contributed by atoms with Gasteiger partial charge in [0.1, 0.15) is 5.75 Å². The summed E-state index contributed by atoms with van der Waals surface area (Å²) < 4.78 is 10.6. The lowest BCUT2D eigenvalue weighted by Crippen LogP contribution is -2.33. The number of rotatable bonds is 6. The molecule has 1 fully saturated rings. The van der Waals surface area contributed by atoms with Crippen LogP contribution in [-0.4, -0.2) is 38.6 Å². The molecule has 0 amide bonds. The summed E-state index contributed by atoms with van der Waals surface area (Å²) in [6, 6.07) is 8.46. The van der Waals surface area contributed by atoms with Crippen LogP contribution in [0.25, 0.3) is 0 Å². The third-order valence-corrected chi connectivity index (χ3v) is 3.69. The molecule has 0 bridgehead atoms. The van der Waals surface area contributed by atoms with Crippen molar-refractivity contribution in [1.82, 2.24) is 5.32 Å². The van der Waals surface area contributed by atoms with Gasteiger partial charge >= 0.3 is 0 Å². The van der Waals surface area contributed by atoms with Gasteiger partial charge < -0.3 is 19.9 Å². The van der Waals surface area contributed by atoms with Crippen LogP contribution in [0.15, 0.2) is 24.3 Å². The van der Waals surface area contributed by atoms with Crippen LogP contribution in [0.1, 0.15) is 24.4 Å². The van der Waals surface area contributed by atoms with E-state index in [2.05, 4.69) is 17.4 Å². The van der Waals surface area contributed by atoms with E-state index in [1.165, 1.54) is 5.56 Å². The summed E-state index contributed by atoms with van der Waals surface area (Å²) in [4.78, 5) is 0. The average molecular weight is 265 g/mol. The van der Waals surface area contributed by atoms with Gasteiger partial charge in [-0.1, -0.05) is 12.1 Å². The van der Waals surface area contributed by atoms with Crippen LogP contribution in [0, 0.1) is 5.92 Å². The number of nitrogens with one attached hydrogen (secondary N) is 1. The first-order valence-corrected chi connectivity index (χ1v) is 6.91. The molecular weight excluding hydrogens is 242 g/mol. The van der Waals surface area contributed by atoms with Crippen molar-refractivity contribution in [1.29, 1.82) is 0 Å². The van der Waals surface area contributed by atoms with Crippen molar-refractivity contribution in [3.8, 4) is 5.75 Å². The predicted molar refractivity (Wildman–Crippen MR) is 74.4 cm³/mol. The van der Waals surface area contributed by atoms with Gasteiger partial charge in [-0.05, 0) is 36.5 Å². The Balaban J connectivity index is 2.10. The van der Waals surface area contributed by atoms with Crippen molar-refractivity contribution in [3.05, 3.63) is 29.8 Å². The third kappa shape index (κ3) is 3.93. The molecule has 0 aromatic heterocycles. The summed E-state index contributed by atoms with van der Waals surface area (Å²) in [5.74, 6) is 1.44. The lowest BCUT2D eigenvalue weighted by atomic mass is 9.87. The van der Waals surface area contributed by atoms with Crippen molar-refractivity contribution in [2.45, 2.75) is 18.9 Å². The first-order chi connectivity index (χ1) is 9.35. The van der Waals surface area contributed by atoms with Crippen LogP contribution in [-0.2, 0) is 4.74 Å². The number of aliphatic hydroxyl groups is 1. The Morgan fingerprint density at radius 3 is 2.58 bits per heavy atom. The Kier molecular flexibility index (Phi) is 5.63. The van der Waals surface area contributed by atoms with Gasteiger partial charge in [0.05, 0.1) is 13.7 Å². The number of aliphatic hydroxyl groups excluding tert-OH is 1. The van der Waals surface area contributed by atoms with Crippen molar-refractivity contribution >= 4 is 0 Å². The Morgan fingerprint density at radius 2 is 2.00 bits per heavy atom. The molecule has 0 spiro atoms. The van der Waals surface area contributed by atoms with E-state index in [-0.39, 0.29) is 12.6 Å². The summed E-state index contributed by atoms with van der Waals surface area (Å²) in [6.45, 7) is 2.44. The van der Waals surface area contributed by atoms with E-state index in [0.29, 0.717) is 12.5 Å². The lowest BCUT2D eigenvalue weighted by Gasteiger charge is -2.31. The quantitative estimate of drug-likeness (QED) is 0.822. The minimum atomic E-state index is 0.163. The fraction of sp³-hybridized carbons (Fsp3) is 0.600. The second kappa shape index (κ2) is 7.48. The normalized spacial score (nSPS) is 18.2. The molecule has 1 atom stereocenters. The zero-order valence-electron chi connectivity index (χ0n) is 11.5. The molecule has 19 heavy (non-hydrogen) atoms. The monoisotopic (exact) mass is 265 g/mol. The first-order valence-electron chi connectivity index (χ1n) is 6.91. The van der Waals surface area contributed by atoms with Gasteiger partial charge in [-0.2, -0.15) is 0 Å². The molecular formula is C15H23NO3. The smallest absolute Gasteiger partial charge is 0.118 e. The highest BCUT2D eigenvalue weighted by atomic mass is 16.5. The second-order valence-electron chi connectivity index (χ2n) is 4.88. The Morgan fingerprint density at radius 1 is 1.32 bits per heavy atom. The molecule has 4 nitrogen and oxygen atoms in total. The van der Waals surface area contributed by atoms with E-state index in [9.17, 15) is 0 Å². The topological polar surface area (TPSA) is 50.7 Å². The summed E-state index contributed by atoms with van der Waals surface area (Å²) >= 11 is 0. The highest BCUT2D eigenvalue weighted by Crippen LogP contribution is 2.30. The molecule has 1 saturated heterocycles. The number of hydrogen-bond acceptors (Lipinski definition) is 4. The van der Waals surface area contributed by atoms with Gasteiger partial charge in [0.25, 0.3) is 0 Å². The van der Waals surface area contributed by atoms with Gasteiger partial charge in [0.2, 0.25) is 0 Å². The molecule has 0 unspecified atom stereocenters. The molecule has 2 N–H and O–H groups in total. The molecule has 106 valence electrons. The zero-order valence-corrected chi connectivity index (χ0v) is 11.5. The molecule has 2 rings (SSSR count). The second-order valence-corrected chi connectivity index (χ2v) is 4.88. The maximum atomic E-state index is 9.04. The summed E-state index contributed by atoms with van der Waals surface area (Å²) in [7, 11) is 1.68. The molecule has 1 aliphatic rings. The van der Waals surface area contributed by atoms with E-state index in [1.54, 1.807) is 7.11 Å². The SMILES string of the molecule is COc1ccc([C@H](NCCO)C2CCOCC2)cc1. The van der Waals surface area contributed by atoms with Gasteiger partial charge in [-0.15, -0.1) is 0 Å². The molecule has 1 aliphatic heterocycles. The highest BCUT2D eigenvalue weighted by molar-refractivity contribution is 5.29. The van der Waals surface area contributed by atoms with E-state index in [4.69, 9.17) is 14.6 Å². The minimum absolute atomic E-state index is 0.163. The van der Waals surface area contributed by atoms with E-state index in [1.807, 2.05) is 12.1 Å². The number of ether oxygens (including phenoxy) is 2. The Bertz CT molecular complexity index is 360. The third-order valence-electron chi connectivity index (χ3n) is 3.69. The van der Waals surface area contributed by atoms with Crippen LogP contribution >= 0.6 is 0 Å². The number of hydrogen-bond donors (Lipinski definition) is 2. The summed E-state index contributed by atoms with van der Waals surface area (Å²) in [6.07, 6.45) is 2.13. The fourth-order valence-electron chi connectivity index (χ4n) is 2.64. The summed E-state index contributed by atoms with van der Waals surface area (Å²) in [5, 5.41) is 12.5. The van der Waals surface area contributed by atoms with E-state index < -0.39 is 0 Å². The maximum absolute atomic E-state index is 9.04. The van der Waals surface area contributed by atoms with E-state index in [0.717, 1.165) is 31.8 Å². The van der Waals surface area contributed by atoms with Crippen LogP contribution in [0.2, 0.25) is 0 Å². The van der Waals surface area contributed by atoms with Crippen LogP contribution in [0.3, 0.4) is 0 Å². The van der Waals surface area contributed by atoms with Crippen molar-refractivity contribution in [2.75, 3.05) is 33.5 Å². The molecule has 0 aliphatic carbocycles. The molecule has 1 aromatic carbocycles. The average Bonchev–Trinajstić information content (AvgIpc) is 2.49. The standard InChI is InChI=1S/C15H23NO3/c1-18-14-4-2-12(3-5-14)15(16-8-9-17)13-6-10-19-11-7-13/h2-5,13,15-17H,6-11H2,1H3/t15-/m0/s1. The van der Waals surface area contributed by atoms with Crippen LogP contribution in [0.5, 0.6) is 5.75 Å². The number of methoxy groups -OCH3 is 1. The molecule has 4 heteroatoms. The van der Waals surface area contributed by atoms with Crippen molar-refractivity contribution in [3.63, 3.8) is 0 Å². The van der Waals surface area contributed by atoms with Gasteiger partial charge in [-0.25, -0.2) is 0 Å². The molecule has 0 radical (unpaired) electrons. The Labute approximate surface area is 114 Å². The van der Waals surface area contributed by atoms with Crippen LogP contribution < -0.4 is 10.1 Å². The van der Waals surface area contributed by atoms with Gasteiger partial charge in [0.15, 0.2) is 0 Å². The van der Waals surface area contributed by atoms with Gasteiger partial charge in [-0.3, -0.25) is 0 Å². The zero-order chi connectivity index (χ0) is 13.5.